The fourth-order valence-electron chi connectivity index (χ4n) is 7.92. The van der Waals surface area contributed by atoms with Gasteiger partial charge in [-0.15, -0.1) is 0 Å². The van der Waals surface area contributed by atoms with Gasteiger partial charge in [-0.3, -0.25) is 0 Å². The molecular weight excluding hydrogens is 593 g/mol. The van der Waals surface area contributed by atoms with Gasteiger partial charge in [0.15, 0.2) is 0 Å². The minimum Gasteiger partial charge on any atom is -0.321 e. The summed E-state index contributed by atoms with van der Waals surface area (Å²) in [5.41, 5.74) is 12.1. The topological polar surface area (TPSA) is 6.48 Å². The second-order valence-corrected chi connectivity index (χ2v) is 15.0. The molecule has 2 heteroatoms. The number of nitrogens with zero attached hydrogens (tertiary/aromatic N) is 2. The summed E-state index contributed by atoms with van der Waals surface area (Å²) >= 11 is 0. The maximum absolute atomic E-state index is 2.56. The lowest BCUT2D eigenvalue weighted by atomic mass is 9.89. The highest BCUT2D eigenvalue weighted by Gasteiger charge is 2.36. The van der Waals surface area contributed by atoms with E-state index >= 15 is 0 Å². The highest BCUT2D eigenvalue weighted by atomic mass is 15.4. The molecule has 0 N–H and O–H groups in total. The van der Waals surface area contributed by atoms with Gasteiger partial charge in [0.05, 0.1) is 0 Å². The SMILES string of the molecule is CC(C)c1cccc(C(C)C)c1N1C=CN(c2c(C(C)C)cccc2C(C)C)C1c1ccc(-c2c3ccccc3cc3ccccc23)cc1. The fourth-order valence-corrected chi connectivity index (χ4v) is 7.92. The molecule has 1 aliphatic rings. The lowest BCUT2D eigenvalue weighted by Crippen LogP contribution is -2.33. The van der Waals surface area contributed by atoms with E-state index in [4.69, 9.17) is 0 Å². The average molecular weight is 643 g/mol. The van der Waals surface area contributed by atoms with E-state index in [0.29, 0.717) is 23.7 Å². The second kappa shape index (κ2) is 13.2. The summed E-state index contributed by atoms with van der Waals surface area (Å²) in [6, 6.07) is 43.2. The van der Waals surface area contributed by atoms with Gasteiger partial charge in [-0.2, -0.15) is 0 Å². The van der Waals surface area contributed by atoms with Gasteiger partial charge in [0.2, 0.25) is 0 Å². The van der Waals surface area contributed by atoms with Crippen molar-refractivity contribution in [2.75, 3.05) is 9.80 Å². The molecule has 7 rings (SSSR count). The van der Waals surface area contributed by atoms with Crippen LogP contribution in [0.3, 0.4) is 0 Å². The van der Waals surface area contributed by atoms with E-state index in [1.54, 1.807) is 0 Å². The van der Waals surface area contributed by atoms with Crippen molar-refractivity contribution in [1.29, 1.82) is 0 Å². The quantitative estimate of drug-likeness (QED) is 0.152. The Balaban J connectivity index is 1.45. The third-order valence-electron chi connectivity index (χ3n) is 10.4. The first-order valence-corrected chi connectivity index (χ1v) is 18.2. The molecule has 6 aromatic rings. The van der Waals surface area contributed by atoms with Crippen LogP contribution in [0.2, 0.25) is 0 Å². The van der Waals surface area contributed by atoms with Gasteiger partial charge in [0, 0.05) is 23.8 Å². The number of benzene rings is 6. The van der Waals surface area contributed by atoms with Gasteiger partial charge in [-0.1, -0.05) is 165 Å². The number of para-hydroxylation sites is 2. The number of rotatable bonds is 8. The van der Waals surface area contributed by atoms with Crippen molar-refractivity contribution in [1.82, 2.24) is 0 Å². The van der Waals surface area contributed by atoms with Crippen molar-refractivity contribution >= 4 is 32.9 Å². The Kier molecular flexibility index (Phi) is 8.84. The second-order valence-electron chi connectivity index (χ2n) is 15.0. The van der Waals surface area contributed by atoms with Gasteiger partial charge in [-0.05, 0) is 90.2 Å². The number of fused-ring (bicyclic) bond motifs is 2. The Bertz CT molecular complexity index is 1970. The van der Waals surface area contributed by atoms with Gasteiger partial charge >= 0.3 is 0 Å². The van der Waals surface area contributed by atoms with Crippen molar-refractivity contribution in [2.24, 2.45) is 0 Å². The molecule has 248 valence electrons. The molecule has 0 unspecified atom stereocenters. The Hall–Kier alpha value is -4.82. The number of anilines is 2. The highest BCUT2D eigenvalue weighted by Crippen LogP contribution is 2.48. The first-order chi connectivity index (χ1) is 23.7. The molecule has 0 aliphatic carbocycles. The van der Waals surface area contributed by atoms with Crippen molar-refractivity contribution < 1.29 is 0 Å². The van der Waals surface area contributed by atoms with Crippen LogP contribution < -0.4 is 9.80 Å². The van der Waals surface area contributed by atoms with E-state index in [2.05, 4.69) is 193 Å². The summed E-state index contributed by atoms with van der Waals surface area (Å²) in [4.78, 5) is 5.13. The van der Waals surface area contributed by atoms with E-state index in [9.17, 15) is 0 Å². The summed E-state index contributed by atoms with van der Waals surface area (Å²) in [5, 5.41) is 5.13. The van der Waals surface area contributed by atoms with Crippen LogP contribution in [0.15, 0.2) is 128 Å². The summed E-state index contributed by atoms with van der Waals surface area (Å²) in [6.07, 6.45) is 4.64. The van der Waals surface area contributed by atoms with E-state index in [1.165, 1.54) is 71.9 Å². The minimum absolute atomic E-state index is 0.0342. The molecule has 0 fully saturated rings. The summed E-state index contributed by atoms with van der Waals surface area (Å²) < 4.78 is 0. The molecule has 0 bridgehead atoms. The van der Waals surface area contributed by atoms with Crippen LogP contribution in [-0.4, -0.2) is 0 Å². The largest absolute Gasteiger partial charge is 0.321 e. The smallest absolute Gasteiger partial charge is 0.136 e. The normalized spacial score (nSPS) is 13.8. The molecule has 2 nitrogen and oxygen atoms in total. The van der Waals surface area contributed by atoms with E-state index in [1.807, 2.05) is 0 Å². The van der Waals surface area contributed by atoms with Crippen LogP contribution in [-0.2, 0) is 0 Å². The molecule has 49 heavy (non-hydrogen) atoms. The minimum atomic E-state index is -0.0342. The summed E-state index contributed by atoms with van der Waals surface area (Å²) in [6.45, 7) is 18.6. The zero-order chi connectivity index (χ0) is 34.4. The van der Waals surface area contributed by atoms with Gasteiger partial charge in [0.1, 0.15) is 6.17 Å². The fraction of sp³-hybridized carbons (Fsp3) is 0.277. The van der Waals surface area contributed by atoms with Gasteiger partial charge in [0.25, 0.3) is 0 Å². The zero-order valence-electron chi connectivity index (χ0n) is 30.4. The monoisotopic (exact) mass is 642 g/mol. The van der Waals surface area contributed by atoms with Crippen molar-refractivity contribution in [3.63, 3.8) is 0 Å². The van der Waals surface area contributed by atoms with Crippen LogP contribution in [0, 0.1) is 0 Å². The summed E-state index contributed by atoms with van der Waals surface area (Å²) in [7, 11) is 0. The first-order valence-electron chi connectivity index (χ1n) is 18.2. The Morgan fingerprint density at radius 3 is 1.20 bits per heavy atom. The van der Waals surface area contributed by atoms with E-state index in [-0.39, 0.29) is 6.17 Å². The lowest BCUT2D eigenvalue weighted by molar-refractivity contribution is 0.701. The molecule has 0 saturated heterocycles. The third kappa shape index (κ3) is 5.82. The van der Waals surface area contributed by atoms with Crippen molar-refractivity contribution in [3.05, 3.63) is 155 Å². The van der Waals surface area contributed by atoms with Gasteiger partial charge < -0.3 is 9.80 Å². The maximum Gasteiger partial charge on any atom is 0.136 e. The van der Waals surface area contributed by atoms with Crippen LogP contribution in [0.4, 0.5) is 11.4 Å². The molecular formula is C47H50N2. The Morgan fingerprint density at radius 1 is 0.429 bits per heavy atom. The molecule has 1 aliphatic heterocycles. The molecule has 0 atom stereocenters. The highest BCUT2D eigenvalue weighted by molar-refractivity contribution is 6.12. The molecule has 0 aromatic heterocycles. The van der Waals surface area contributed by atoms with Crippen LogP contribution in [0.1, 0.15) is 113 Å². The number of hydrogen-bond donors (Lipinski definition) is 0. The predicted molar refractivity (Wildman–Crippen MR) is 213 cm³/mol. The van der Waals surface area contributed by atoms with Crippen LogP contribution >= 0.6 is 0 Å². The van der Waals surface area contributed by atoms with Crippen molar-refractivity contribution in [2.45, 2.75) is 85.2 Å². The molecule has 0 radical (unpaired) electrons. The Labute approximate surface area is 293 Å². The maximum atomic E-state index is 2.56. The number of hydrogen-bond acceptors (Lipinski definition) is 2. The molecule has 6 aromatic carbocycles. The molecule has 0 amide bonds. The zero-order valence-corrected chi connectivity index (χ0v) is 30.4. The van der Waals surface area contributed by atoms with Crippen molar-refractivity contribution in [3.8, 4) is 11.1 Å². The predicted octanol–water partition coefficient (Wildman–Crippen LogP) is 13.7. The lowest BCUT2D eigenvalue weighted by Gasteiger charge is -2.38. The van der Waals surface area contributed by atoms with E-state index in [0.717, 1.165) is 0 Å². The van der Waals surface area contributed by atoms with E-state index < -0.39 is 0 Å². The first kappa shape index (κ1) is 32.7. The molecule has 0 spiro atoms. The van der Waals surface area contributed by atoms with Gasteiger partial charge in [-0.25, -0.2) is 0 Å². The standard InChI is InChI=1S/C47H50N2/c1-30(2)38-19-13-20-39(31(3)4)45(38)48-27-28-49(46-40(32(5)6)21-14-22-41(46)33(7)8)47(48)35-25-23-34(24-26-35)44-42-17-11-9-15-36(42)29-37-16-10-12-18-43(37)44/h9-33,47H,1-8H3. The van der Waals surface area contributed by atoms with Crippen LogP contribution in [0.5, 0.6) is 0 Å². The third-order valence-corrected chi connectivity index (χ3v) is 10.4. The molecule has 1 heterocycles. The van der Waals surface area contributed by atoms with Crippen LogP contribution in [0.25, 0.3) is 32.7 Å². The Morgan fingerprint density at radius 2 is 0.816 bits per heavy atom. The summed E-state index contributed by atoms with van der Waals surface area (Å²) in [5.74, 6) is 1.59. The molecule has 0 saturated carbocycles. The average Bonchev–Trinajstić information content (AvgIpc) is 3.54.